The molecule has 0 radical (unpaired) electrons. The van der Waals surface area contributed by atoms with E-state index in [0.29, 0.717) is 22.2 Å². The zero-order valence-electron chi connectivity index (χ0n) is 16.2. The number of rotatable bonds is 4. The molecule has 0 aliphatic heterocycles. The van der Waals surface area contributed by atoms with Crippen LogP contribution in [-0.4, -0.2) is 38.8 Å². The standard InChI is InChI=1S/C19H13ClF3N5O3S/c1-32(30,31)17-12(2-3-14(25-17)19(21,22)23)10-28-18(29)27-9-6-13(20)15(16(27)26-28)11-4-7-24-8-5-11/h2-9H,10H2,1H3. The van der Waals surface area contributed by atoms with Crippen molar-refractivity contribution in [1.29, 1.82) is 0 Å². The molecular weight excluding hydrogens is 471 g/mol. The zero-order chi connectivity index (χ0) is 23.3. The first kappa shape index (κ1) is 22.0. The fourth-order valence-electron chi connectivity index (χ4n) is 3.17. The third kappa shape index (κ3) is 3.98. The largest absolute Gasteiger partial charge is 0.433 e. The molecule has 0 saturated heterocycles. The molecule has 4 aromatic heterocycles. The van der Waals surface area contributed by atoms with Crippen LogP contribution >= 0.6 is 11.6 Å². The van der Waals surface area contributed by atoms with E-state index in [1.807, 2.05) is 0 Å². The minimum atomic E-state index is -4.83. The molecule has 0 amide bonds. The van der Waals surface area contributed by atoms with Crippen LogP contribution in [0.2, 0.25) is 5.02 Å². The number of fused-ring (bicyclic) bond motifs is 1. The van der Waals surface area contributed by atoms with E-state index in [1.54, 1.807) is 12.1 Å². The molecule has 4 rings (SSSR count). The Hall–Kier alpha value is -3.25. The number of aromatic nitrogens is 5. The summed E-state index contributed by atoms with van der Waals surface area (Å²) in [6.07, 6.45) is 0.393. The van der Waals surface area contributed by atoms with Gasteiger partial charge in [0.15, 0.2) is 20.5 Å². The topological polar surface area (TPSA) is 99.2 Å². The molecule has 8 nitrogen and oxygen atoms in total. The lowest BCUT2D eigenvalue weighted by atomic mass is 10.1. The molecule has 0 aliphatic rings. The van der Waals surface area contributed by atoms with Crippen LogP contribution in [0.4, 0.5) is 13.2 Å². The fraction of sp³-hybridized carbons (Fsp3) is 0.158. The molecule has 4 heterocycles. The SMILES string of the molecule is CS(=O)(=O)c1nc(C(F)(F)F)ccc1Cn1nc2c(-c3ccncc3)c(Cl)ccn2c1=O. The van der Waals surface area contributed by atoms with Gasteiger partial charge in [0.25, 0.3) is 0 Å². The van der Waals surface area contributed by atoms with Crippen LogP contribution in [0.1, 0.15) is 11.3 Å². The molecular formula is C19H13ClF3N5O3S. The van der Waals surface area contributed by atoms with Crippen molar-refractivity contribution in [3.05, 3.63) is 75.7 Å². The zero-order valence-corrected chi connectivity index (χ0v) is 17.8. The number of halogens is 4. The van der Waals surface area contributed by atoms with Crippen LogP contribution in [0, 0.1) is 0 Å². The maximum Gasteiger partial charge on any atom is 0.433 e. The van der Waals surface area contributed by atoms with Gasteiger partial charge in [0.2, 0.25) is 0 Å². The molecule has 0 spiro atoms. The first-order chi connectivity index (χ1) is 15.0. The predicted molar refractivity (Wildman–Crippen MR) is 109 cm³/mol. The third-order valence-electron chi connectivity index (χ3n) is 4.57. The van der Waals surface area contributed by atoms with E-state index in [2.05, 4.69) is 15.1 Å². The number of sulfone groups is 1. The van der Waals surface area contributed by atoms with Crippen LogP contribution in [0.5, 0.6) is 0 Å². The molecule has 0 fully saturated rings. The van der Waals surface area contributed by atoms with Gasteiger partial charge in [0, 0.05) is 36.0 Å². The Bertz CT molecular complexity index is 1500. The molecule has 4 aromatic rings. The Balaban J connectivity index is 1.88. The predicted octanol–water partition coefficient (Wildman–Crippen LogP) is 3.08. The highest BCUT2D eigenvalue weighted by Gasteiger charge is 2.34. The van der Waals surface area contributed by atoms with Crippen LogP contribution in [0.25, 0.3) is 16.8 Å². The molecule has 32 heavy (non-hydrogen) atoms. The van der Waals surface area contributed by atoms with E-state index in [4.69, 9.17) is 11.6 Å². The monoisotopic (exact) mass is 483 g/mol. The average Bonchev–Trinajstić information content (AvgIpc) is 3.02. The van der Waals surface area contributed by atoms with Crippen molar-refractivity contribution in [1.82, 2.24) is 24.1 Å². The van der Waals surface area contributed by atoms with Crippen LogP contribution < -0.4 is 5.69 Å². The van der Waals surface area contributed by atoms with Crippen molar-refractivity contribution >= 4 is 27.1 Å². The molecule has 0 saturated carbocycles. The van der Waals surface area contributed by atoms with Crippen molar-refractivity contribution in [2.75, 3.05) is 6.26 Å². The van der Waals surface area contributed by atoms with Gasteiger partial charge < -0.3 is 0 Å². The van der Waals surface area contributed by atoms with Crippen molar-refractivity contribution in [2.24, 2.45) is 0 Å². The van der Waals surface area contributed by atoms with Crippen molar-refractivity contribution in [3.63, 3.8) is 0 Å². The van der Waals surface area contributed by atoms with Crippen molar-refractivity contribution < 1.29 is 21.6 Å². The molecule has 0 bridgehead atoms. The van der Waals surface area contributed by atoms with Gasteiger partial charge in [-0.3, -0.25) is 4.98 Å². The summed E-state index contributed by atoms with van der Waals surface area (Å²) < 4.78 is 65.4. The van der Waals surface area contributed by atoms with Gasteiger partial charge in [0.1, 0.15) is 5.69 Å². The molecule has 13 heteroatoms. The maximum atomic E-state index is 13.0. The summed E-state index contributed by atoms with van der Waals surface area (Å²) in [6, 6.07) is 6.47. The van der Waals surface area contributed by atoms with Crippen LogP contribution in [0.15, 0.2) is 58.7 Å². The van der Waals surface area contributed by atoms with Gasteiger partial charge in [-0.15, -0.1) is 5.10 Å². The number of pyridine rings is 3. The van der Waals surface area contributed by atoms with Gasteiger partial charge >= 0.3 is 11.9 Å². The summed E-state index contributed by atoms with van der Waals surface area (Å²) in [5.74, 6) is 0. The lowest BCUT2D eigenvalue weighted by Crippen LogP contribution is -2.23. The lowest BCUT2D eigenvalue weighted by molar-refractivity contribution is -0.141. The van der Waals surface area contributed by atoms with Gasteiger partial charge in [-0.25, -0.2) is 27.3 Å². The van der Waals surface area contributed by atoms with E-state index in [-0.39, 0.29) is 11.2 Å². The lowest BCUT2D eigenvalue weighted by Gasteiger charge is -2.11. The average molecular weight is 484 g/mol. The second kappa shape index (κ2) is 7.71. The highest BCUT2D eigenvalue weighted by molar-refractivity contribution is 7.90. The molecule has 0 N–H and O–H groups in total. The van der Waals surface area contributed by atoms with E-state index >= 15 is 0 Å². The summed E-state index contributed by atoms with van der Waals surface area (Å²) in [4.78, 5) is 20.1. The molecule has 0 aromatic carbocycles. The second-order valence-electron chi connectivity index (χ2n) is 6.84. The van der Waals surface area contributed by atoms with Gasteiger partial charge in [-0.1, -0.05) is 17.7 Å². The number of nitrogens with zero attached hydrogens (tertiary/aromatic N) is 5. The second-order valence-corrected chi connectivity index (χ2v) is 9.18. The van der Waals surface area contributed by atoms with Gasteiger partial charge in [-0.05, 0) is 29.8 Å². The minimum Gasteiger partial charge on any atom is -0.265 e. The summed E-state index contributed by atoms with van der Waals surface area (Å²) in [7, 11) is -4.13. The molecule has 0 unspecified atom stereocenters. The smallest absolute Gasteiger partial charge is 0.265 e. The molecule has 0 atom stereocenters. The van der Waals surface area contributed by atoms with E-state index in [9.17, 15) is 26.4 Å². The maximum absolute atomic E-state index is 13.0. The van der Waals surface area contributed by atoms with Crippen LogP contribution in [-0.2, 0) is 22.6 Å². The fourth-order valence-corrected chi connectivity index (χ4v) is 4.30. The summed E-state index contributed by atoms with van der Waals surface area (Å²) in [6.45, 7) is -0.415. The van der Waals surface area contributed by atoms with E-state index < -0.39 is 39.0 Å². The van der Waals surface area contributed by atoms with E-state index in [1.165, 1.54) is 29.1 Å². The molecule has 166 valence electrons. The quantitative estimate of drug-likeness (QED) is 0.442. The minimum absolute atomic E-state index is 0.109. The third-order valence-corrected chi connectivity index (χ3v) is 5.94. The van der Waals surface area contributed by atoms with Crippen molar-refractivity contribution in [3.8, 4) is 11.1 Å². The number of hydrogen-bond acceptors (Lipinski definition) is 6. The first-order valence-corrected chi connectivity index (χ1v) is 11.2. The van der Waals surface area contributed by atoms with Gasteiger partial charge in [0.05, 0.1) is 11.6 Å². The summed E-state index contributed by atoms with van der Waals surface area (Å²) in [5.41, 5.74) is -0.818. The van der Waals surface area contributed by atoms with Gasteiger partial charge in [-0.2, -0.15) is 13.2 Å². The Morgan fingerprint density at radius 1 is 1.09 bits per heavy atom. The van der Waals surface area contributed by atoms with Crippen molar-refractivity contribution in [2.45, 2.75) is 17.7 Å². The number of hydrogen-bond donors (Lipinski definition) is 0. The molecule has 0 aliphatic carbocycles. The first-order valence-electron chi connectivity index (χ1n) is 8.92. The highest BCUT2D eigenvalue weighted by Crippen LogP contribution is 2.31. The Morgan fingerprint density at radius 3 is 2.41 bits per heavy atom. The number of alkyl halides is 3. The summed E-state index contributed by atoms with van der Waals surface area (Å²) >= 11 is 6.32. The summed E-state index contributed by atoms with van der Waals surface area (Å²) in [5, 5.41) is 3.80. The van der Waals surface area contributed by atoms with E-state index in [0.717, 1.165) is 17.0 Å². The Morgan fingerprint density at radius 2 is 1.78 bits per heavy atom. The highest BCUT2D eigenvalue weighted by atomic mass is 35.5. The Labute approximate surface area is 183 Å². The Kier molecular flexibility index (Phi) is 5.29. The normalized spacial score (nSPS) is 12.4. The van der Waals surface area contributed by atoms with Crippen LogP contribution in [0.3, 0.4) is 0 Å².